The van der Waals surface area contributed by atoms with E-state index in [-0.39, 0.29) is 27.5 Å². The highest BCUT2D eigenvalue weighted by Gasteiger charge is 2.50. The number of carbonyl (C=O) groups excluding carboxylic acids is 1. The zero-order valence-corrected chi connectivity index (χ0v) is 16.0. The van der Waals surface area contributed by atoms with Crippen LogP contribution >= 0.6 is 11.6 Å². The van der Waals surface area contributed by atoms with E-state index in [0.29, 0.717) is 0 Å². The first-order chi connectivity index (χ1) is 13.4. The van der Waals surface area contributed by atoms with Gasteiger partial charge in [0.2, 0.25) is 0 Å². The molecule has 0 spiro atoms. The summed E-state index contributed by atoms with van der Waals surface area (Å²) in [6.45, 7) is 0. The number of nitrogens with one attached hydrogen (secondary N) is 2. The van der Waals surface area contributed by atoms with Gasteiger partial charge in [0, 0.05) is 23.9 Å². The topological polar surface area (TPSA) is 108 Å². The number of nitrogens with zero attached hydrogens (tertiary/aromatic N) is 2. The number of benzene rings is 1. The number of nitriles is 1. The van der Waals surface area contributed by atoms with Gasteiger partial charge in [-0.25, -0.2) is 0 Å². The Kier molecular flexibility index (Phi) is 4.76. The minimum absolute atomic E-state index is 0.0136. The summed E-state index contributed by atoms with van der Waals surface area (Å²) in [6.07, 6.45) is 8.70. The summed E-state index contributed by atoms with van der Waals surface area (Å²) in [5, 5.41) is 26.4. The first-order valence-corrected chi connectivity index (χ1v) is 9.88. The third-order valence-electron chi connectivity index (χ3n) is 6.33. The average Bonchev–Trinajstić information content (AvgIpc) is 2.62. The fourth-order valence-corrected chi connectivity index (χ4v) is 5.74. The van der Waals surface area contributed by atoms with Crippen molar-refractivity contribution in [2.75, 3.05) is 5.32 Å². The van der Waals surface area contributed by atoms with E-state index in [1.807, 2.05) is 6.07 Å². The molecule has 5 rings (SSSR count). The summed E-state index contributed by atoms with van der Waals surface area (Å²) in [5.41, 5.74) is -0.163. The van der Waals surface area contributed by atoms with Gasteiger partial charge in [-0.2, -0.15) is 5.26 Å². The minimum atomic E-state index is -0.637. The van der Waals surface area contributed by atoms with E-state index in [9.17, 15) is 20.2 Å². The van der Waals surface area contributed by atoms with E-state index in [4.69, 9.17) is 11.6 Å². The first-order valence-electron chi connectivity index (χ1n) is 9.51. The monoisotopic (exact) mass is 400 g/mol. The van der Waals surface area contributed by atoms with Crippen LogP contribution in [-0.2, 0) is 4.79 Å². The van der Waals surface area contributed by atoms with Crippen molar-refractivity contribution in [2.24, 2.45) is 17.8 Å². The maximum Gasteiger partial charge on any atom is 0.271 e. The third kappa shape index (κ3) is 3.57. The van der Waals surface area contributed by atoms with Crippen LogP contribution in [0.1, 0.15) is 38.5 Å². The lowest BCUT2D eigenvalue weighted by atomic mass is 9.53. The van der Waals surface area contributed by atoms with Gasteiger partial charge in [0.1, 0.15) is 11.6 Å². The Morgan fingerprint density at radius 3 is 2.39 bits per heavy atom. The van der Waals surface area contributed by atoms with E-state index in [1.54, 1.807) is 0 Å². The number of hydrogen-bond donors (Lipinski definition) is 2. The van der Waals surface area contributed by atoms with Crippen molar-refractivity contribution < 1.29 is 9.72 Å². The largest absolute Gasteiger partial charge is 0.384 e. The molecule has 4 bridgehead atoms. The highest BCUT2D eigenvalue weighted by atomic mass is 35.5. The average molecular weight is 401 g/mol. The molecule has 0 unspecified atom stereocenters. The number of halogens is 1. The molecule has 0 heterocycles. The highest BCUT2D eigenvalue weighted by Crippen LogP contribution is 2.55. The van der Waals surface area contributed by atoms with Gasteiger partial charge in [0.25, 0.3) is 11.6 Å². The summed E-state index contributed by atoms with van der Waals surface area (Å²) in [6, 6.07) is 5.71. The summed E-state index contributed by atoms with van der Waals surface area (Å²) < 4.78 is 0. The number of amides is 1. The van der Waals surface area contributed by atoms with Crippen LogP contribution in [0.15, 0.2) is 30.0 Å². The number of carbonyl (C=O) groups is 1. The molecule has 1 amide bonds. The van der Waals surface area contributed by atoms with Crippen LogP contribution in [0.4, 0.5) is 11.4 Å². The van der Waals surface area contributed by atoms with Crippen LogP contribution in [0.25, 0.3) is 0 Å². The minimum Gasteiger partial charge on any atom is -0.384 e. The zero-order chi connectivity index (χ0) is 19.9. The van der Waals surface area contributed by atoms with Gasteiger partial charge >= 0.3 is 0 Å². The van der Waals surface area contributed by atoms with Crippen LogP contribution in [0.5, 0.6) is 0 Å². The lowest BCUT2D eigenvalue weighted by molar-refractivity contribution is -0.384. The molecule has 1 aromatic carbocycles. The molecule has 0 radical (unpaired) electrons. The van der Waals surface area contributed by atoms with Crippen LogP contribution in [-0.4, -0.2) is 16.4 Å². The zero-order valence-electron chi connectivity index (χ0n) is 15.3. The molecule has 4 saturated carbocycles. The van der Waals surface area contributed by atoms with Crippen LogP contribution in [0.3, 0.4) is 0 Å². The third-order valence-corrected chi connectivity index (χ3v) is 6.66. The molecule has 0 aromatic heterocycles. The predicted octanol–water partition coefficient (Wildman–Crippen LogP) is 4.15. The lowest BCUT2D eigenvalue weighted by Crippen LogP contribution is -2.57. The van der Waals surface area contributed by atoms with Gasteiger partial charge in [-0.1, -0.05) is 11.6 Å². The molecule has 0 saturated heterocycles. The molecule has 8 heteroatoms. The molecule has 28 heavy (non-hydrogen) atoms. The molecule has 7 nitrogen and oxygen atoms in total. The van der Waals surface area contributed by atoms with Crippen molar-refractivity contribution >= 4 is 28.9 Å². The van der Waals surface area contributed by atoms with Crippen molar-refractivity contribution in [3.05, 3.63) is 45.1 Å². The van der Waals surface area contributed by atoms with E-state index in [0.717, 1.165) is 37.0 Å². The molecule has 1 aromatic rings. The standard InChI is InChI=1S/C20H21ClN4O3/c21-17-2-1-16(25(27)28)6-18(17)24-19(26)15(10-22)11-23-20-7-12-3-13(8-20)5-14(4-12)9-20/h1-2,6,11-14,23H,3-5,7-9H2,(H,24,26)/b15-11-. The van der Waals surface area contributed by atoms with E-state index in [2.05, 4.69) is 10.6 Å². The molecule has 146 valence electrons. The number of hydrogen-bond acceptors (Lipinski definition) is 5. The van der Waals surface area contributed by atoms with Crippen LogP contribution in [0.2, 0.25) is 5.02 Å². The number of non-ortho nitro benzene ring substituents is 1. The fraction of sp³-hybridized carbons (Fsp3) is 0.500. The van der Waals surface area contributed by atoms with Gasteiger partial charge in [0.05, 0.1) is 15.6 Å². The number of nitro groups is 1. The highest BCUT2D eigenvalue weighted by molar-refractivity contribution is 6.34. The Hall–Kier alpha value is -2.59. The Morgan fingerprint density at radius 2 is 1.86 bits per heavy atom. The second-order valence-corrected chi connectivity index (χ2v) is 8.79. The maximum absolute atomic E-state index is 12.5. The van der Waals surface area contributed by atoms with E-state index < -0.39 is 10.8 Å². The normalized spacial score (nSPS) is 30.6. The van der Waals surface area contributed by atoms with Crippen molar-refractivity contribution in [1.82, 2.24) is 5.32 Å². The Labute approximate surface area is 167 Å². The molecular weight excluding hydrogens is 380 g/mol. The summed E-state index contributed by atoms with van der Waals surface area (Å²) >= 11 is 6.03. The second-order valence-electron chi connectivity index (χ2n) is 8.39. The fourth-order valence-electron chi connectivity index (χ4n) is 5.57. The van der Waals surface area contributed by atoms with Gasteiger partial charge in [-0.3, -0.25) is 14.9 Å². The van der Waals surface area contributed by atoms with Crippen molar-refractivity contribution in [2.45, 2.75) is 44.1 Å². The Balaban J connectivity index is 1.48. The maximum atomic E-state index is 12.5. The molecule has 2 N–H and O–H groups in total. The van der Waals surface area contributed by atoms with E-state index in [1.165, 1.54) is 43.7 Å². The summed E-state index contributed by atoms with van der Waals surface area (Å²) in [4.78, 5) is 22.9. The van der Waals surface area contributed by atoms with Gasteiger partial charge in [-0.15, -0.1) is 0 Å². The molecule has 4 fully saturated rings. The lowest BCUT2D eigenvalue weighted by Gasteiger charge is -2.56. The van der Waals surface area contributed by atoms with Crippen LogP contribution in [0, 0.1) is 39.2 Å². The van der Waals surface area contributed by atoms with Crippen molar-refractivity contribution in [1.29, 1.82) is 5.26 Å². The number of anilines is 1. The molecule has 0 aliphatic heterocycles. The molecule has 0 atom stereocenters. The Bertz CT molecular complexity index is 870. The summed E-state index contributed by atoms with van der Waals surface area (Å²) in [5.74, 6) is 1.60. The molecular formula is C20H21ClN4O3. The number of rotatable bonds is 5. The van der Waals surface area contributed by atoms with Gasteiger partial charge in [0.15, 0.2) is 0 Å². The van der Waals surface area contributed by atoms with Gasteiger partial charge in [-0.05, 0) is 62.3 Å². The summed E-state index contributed by atoms with van der Waals surface area (Å²) in [7, 11) is 0. The van der Waals surface area contributed by atoms with Crippen LogP contribution < -0.4 is 10.6 Å². The van der Waals surface area contributed by atoms with Crippen molar-refractivity contribution in [3.63, 3.8) is 0 Å². The Morgan fingerprint density at radius 1 is 1.25 bits per heavy atom. The van der Waals surface area contributed by atoms with E-state index >= 15 is 0 Å². The molecule has 4 aliphatic carbocycles. The van der Waals surface area contributed by atoms with Crippen molar-refractivity contribution in [3.8, 4) is 6.07 Å². The predicted molar refractivity (Wildman–Crippen MR) is 104 cm³/mol. The smallest absolute Gasteiger partial charge is 0.271 e. The molecule has 4 aliphatic rings. The number of nitro benzene ring substituents is 1. The van der Waals surface area contributed by atoms with Gasteiger partial charge < -0.3 is 10.6 Å². The SMILES string of the molecule is N#C/C(=C/NC12CC3CC(CC(C3)C1)C2)C(=O)Nc1cc([N+](=O)[O-])ccc1Cl. The quantitative estimate of drug-likeness (QED) is 0.334. The second kappa shape index (κ2) is 7.10. The first kappa shape index (κ1) is 18.8.